The van der Waals surface area contributed by atoms with Crippen LogP contribution in [0.2, 0.25) is 0 Å². The van der Waals surface area contributed by atoms with Gasteiger partial charge in [0.05, 0.1) is 18.3 Å². The standard InChI is InChI=1S/C21H40N6O3/c1-9-21(10-2,26-18(28)30-19(4,5)6)15-24-17(22-11-3)23-14-20(7,29)16-12-25-27(8)13-16/h12-13,29H,9-11,14-15H2,1-8H3,(H,26,28)(H2,22,23,24). The molecular weight excluding hydrogens is 384 g/mol. The van der Waals surface area contributed by atoms with Crippen LogP contribution in [0.4, 0.5) is 4.79 Å². The number of aliphatic hydroxyl groups is 1. The molecule has 0 bridgehead atoms. The quantitative estimate of drug-likeness (QED) is 0.357. The Labute approximate surface area is 180 Å². The van der Waals surface area contributed by atoms with Crippen molar-refractivity contribution in [2.75, 3.05) is 19.6 Å². The zero-order valence-corrected chi connectivity index (χ0v) is 19.8. The fourth-order valence-electron chi connectivity index (χ4n) is 2.86. The van der Waals surface area contributed by atoms with Crippen LogP contribution < -0.4 is 16.0 Å². The summed E-state index contributed by atoms with van der Waals surface area (Å²) in [5, 5.41) is 24.4. The zero-order valence-electron chi connectivity index (χ0n) is 19.8. The number of nitrogens with zero attached hydrogens (tertiary/aromatic N) is 3. The molecule has 0 aliphatic carbocycles. The molecule has 4 N–H and O–H groups in total. The summed E-state index contributed by atoms with van der Waals surface area (Å²) in [6.45, 7) is 14.6. The van der Waals surface area contributed by atoms with E-state index >= 15 is 0 Å². The minimum Gasteiger partial charge on any atom is -0.444 e. The summed E-state index contributed by atoms with van der Waals surface area (Å²) in [5.74, 6) is 0.568. The highest BCUT2D eigenvalue weighted by atomic mass is 16.6. The minimum atomic E-state index is -1.14. The second-order valence-electron chi connectivity index (χ2n) is 8.84. The predicted molar refractivity (Wildman–Crippen MR) is 119 cm³/mol. The Hall–Kier alpha value is -2.29. The average Bonchev–Trinajstić information content (AvgIpc) is 3.08. The maximum atomic E-state index is 12.3. The zero-order chi connectivity index (χ0) is 23.0. The van der Waals surface area contributed by atoms with E-state index in [0.29, 0.717) is 24.6 Å². The number of hydrogen-bond acceptors (Lipinski definition) is 5. The number of alkyl carbamates (subject to hydrolysis) is 1. The van der Waals surface area contributed by atoms with Crippen molar-refractivity contribution in [2.24, 2.45) is 12.0 Å². The van der Waals surface area contributed by atoms with Crippen LogP contribution in [-0.2, 0) is 17.4 Å². The van der Waals surface area contributed by atoms with E-state index in [1.165, 1.54) is 0 Å². The van der Waals surface area contributed by atoms with Gasteiger partial charge in [-0.3, -0.25) is 4.68 Å². The van der Waals surface area contributed by atoms with Crippen molar-refractivity contribution < 1.29 is 14.6 Å². The van der Waals surface area contributed by atoms with Crippen molar-refractivity contribution in [3.63, 3.8) is 0 Å². The maximum absolute atomic E-state index is 12.3. The van der Waals surface area contributed by atoms with Gasteiger partial charge in [0.25, 0.3) is 0 Å². The first-order chi connectivity index (χ1) is 13.9. The number of nitrogens with one attached hydrogen (secondary N) is 3. The molecule has 1 unspecified atom stereocenters. The number of carbonyl (C=O) groups is 1. The molecule has 0 saturated heterocycles. The molecule has 1 rings (SSSR count). The number of guanidine groups is 1. The Morgan fingerprint density at radius 1 is 1.20 bits per heavy atom. The molecule has 1 aromatic heterocycles. The van der Waals surface area contributed by atoms with E-state index in [2.05, 4.69) is 26.0 Å². The van der Waals surface area contributed by atoms with Gasteiger partial charge in [0, 0.05) is 31.9 Å². The van der Waals surface area contributed by atoms with Gasteiger partial charge >= 0.3 is 6.09 Å². The lowest BCUT2D eigenvalue weighted by Gasteiger charge is -2.34. The minimum absolute atomic E-state index is 0.165. The smallest absolute Gasteiger partial charge is 0.408 e. The summed E-state index contributed by atoms with van der Waals surface area (Å²) in [4.78, 5) is 16.9. The maximum Gasteiger partial charge on any atom is 0.408 e. The number of amides is 1. The molecule has 172 valence electrons. The highest BCUT2D eigenvalue weighted by Gasteiger charge is 2.31. The van der Waals surface area contributed by atoms with Crippen LogP contribution in [0.5, 0.6) is 0 Å². The number of aryl methyl sites for hydroxylation is 1. The van der Waals surface area contributed by atoms with Gasteiger partial charge in [0.15, 0.2) is 5.96 Å². The van der Waals surface area contributed by atoms with E-state index in [9.17, 15) is 9.90 Å². The number of ether oxygens (including phenoxy) is 1. The molecule has 0 aliphatic heterocycles. The summed E-state index contributed by atoms with van der Waals surface area (Å²) < 4.78 is 7.08. The van der Waals surface area contributed by atoms with Gasteiger partial charge in [0.2, 0.25) is 0 Å². The molecule has 1 atom stereocenters. The second kappa shape index (κ2) is 10.7. The lowest BCUT2D eigenvalue weighted by Crippen LogP contribution is -2.57. The van der Waals surface area contributed by atoms with E-state index in [1.54, 1.807) is 31.0 Å². The highest BCUT2D eigenvalue weighted by molar-refractivity contribution is 5.80. The molecule has 0 aromatic carbocycles. The van der Waals surface area contributed by atoms with Gasteiger partial charge in [-0.1, -0.05) is 13.8 Å². The number of rotatable bonds is 9. The third-order valence-electron chi connectivity index (χ3n) is 4.93. The fraction of sp³-hybridized carbons (Fsp3) is 0.762. The number of hydrogen-bond donors (Lipinski definition) is 4. The van der Waals surface area contributed by atoms with Gasteiger partial charge in [-0.25, -0.2) is 9.79 Å². The first-order valence-corrected chi connectivity index (χ1v) is 10.6. The van der Waals surface area contributed by atoms with Crippen LogP contribution >= 0.6 is 0 Å². The van der Waals surface area contributed by atoms with Crippen LogP contribution in [0, 0.1) is 0 Å². The van der Waals surface area contributed by atoms with Crippen molar-refractivity contribution in [2.45, 2.75) is 78.0 Å². The van der Waals surface area contributed by atoms with E-state index in [-0.39, 0.29) is 6.54 Å². The van der Waals surface area contributed by atoms with E-state index in [0.717, 1.165) is 12.8 Å². The second-order valence-corrected chi connectivity index (χ2v) is 8.84. The third kappa shape index (κ3) is 8.22. The van der Waals surface area contributed by atoms with Crippen LogP contribution in [0.3, 0.4) is 0 Å². The third-order valence-corrected chi connectivity index (χ3v) is 4.93. The van der Waals surface area contributed by atoms with Crippen LogP contribution in [-0.4, -0.2) is 57.7 Å². The van der Waals surface area contributed by atoms with Gasteiger partial charge < -0.3 is 25.8 Å². The lowest BCUT2D eigenvalue weighted by molar-refractivity contribution is 0.0448. The first kappa shape index (κ1) is 25.7. The topological polar surface area (TPSA) is 113 Å². The molecule has 0 aliphatic rings. The van der Waals surface area contributed by atoms with Gasteiger partial charge in [-0.2, -0.15) is 5.10 Å². The number of carbonyl (C=O) groups excluding carboxylic acids is 1. The average molecular weight is 425 g/mol. The van der Waals surface area contributed by atoms with E-state index in [1.807, 2.05) is 41.5 Å². The Kier molecular flexibility index (Phi) is 9.14. The fourth-order valence-corrected chi connectivity index (χ4v) is 2.86. The Balaban J connectivity index is 2.86. The van der Waals surface area contributed by atoms with E-state index in [4.69, 9.17) is 4.74 Å². The molecule has 1 amide bonds. The molecule has 0 radical (unpaired) electrons. The molecule has 0 fully saturated rings. The largest absolute Gasteiger partial charge is 0.444 e. The Bertz CT molecular complexity index is 702. The van der Waals surface area contributed by atoms with Crippen LogP contribution in [0.25, 0.3) is 0 Å². The van der Waals surface area contributed by atoms with Crippen LogP contribution in [0.15, 0.2) is 17.4 Å². The molecule has 1 heterocycles. The molecule has 1 aromatic rings. The molecule has 9 nitrogen and oxygen atoms in total. The van der Waals surface area contributed by atoms with Gasteiger partial charge in [0.1, 0.15) is 11.2 Å². The van der Waals surface area contributed by atoms with Gasteiger partial charge in [-0.15, -0.1) is 0 Å². The van der Waals surface area contributed by atoms with Crippen LogP contribution in [0.1, 0.15) is 66.9 Å². The molecule has 0 saturated carbocycles. The van der Waals surface area contributed by atoms with Crippen molar-refractivity contribution >= 4 is 12.1 Å². The monoisotopic (exact) mass is 424 g/mol. The number of aromatic nitrogens is 2. The summed E-state index contributed by atoms with van der Waals surface area (Å²) in [5.41, 5.74) is -1.48. The predicted octanol–water partition coefficient (Wildman–Crippen LogP) is 2.27. The van der Waals surface area contributed by atoms with Crippen molar-refractivity contribution in [3.05, 3.63) is 18.0 Å². The SMILES string of the molecule is CCNC(=NCC(C)(O)c1cnn(C)c1)NCC(CC)(CC)NC(=O)OC(C)(C)C. The van der Waals surface area contributed by atoms with E-state index < -0.39 is 22.8 Å². The summed E-state index contributed by atoms with van der Waals surface area (Å²) in [7, 11) is 1.81. The lowest BCUT2D eigenvalue weighted by atomic mass is 9.93. The summed E-state index contributed by atoms with van der Waals surface area (Å²) in [6, 6.07) is 0. The van der Waals surface area contributed by atoms with Crippen molar-refractivity contribution in [1.82, 2.24) is 25.7 Å². The Morgan fingerprint density at radius 3 is 2.30 bits per heavy atom. The molecule has 30 heavy (non-hydrogen) atoms. The normalized spacial score (nSPS) is 14.8. The molecule has 0 spiro atoms. The molecule has 9 heteroatoms. The van der Waals surface area contributed by atoms with Crippen molar-refractivity contribution in [1.29, 1.82) is 0 Å². The van der Waals surface area contributed by atoms with Crippen molar-refractivity contribution in [3.8, 4) is 0 Å². The Morgan fingerprint density at radius 2 is 1.83 bits per heavy atom. The summed E-state index contributed by atoms with van der Waals surface area (Å²) in [6.07, 6.45) is 4.43. The highest BCUT2D eigenvalue weighted by Crippen LogP contribution is 2.20. The summed E-state index contributed by atoms with van der Waals surface area (Å²) >= 11 is 0. The number of aliphatic imine (C=N–C) groups is 1. The molecular formula is C21H40N6O3. The first-order valence-electron chi connectivity index (χ1n) is 10.6. The van der Waals surface area contributed by atoms with Gasteiger partial charge in [-0.05, 0) is 47.5 Å².